The highest BCUT2D eigenvalue weighted by molar-refractivity contribution is 6.21. The molecule has 0 N–H and O–H groups in total. The number of halogens is 1. The lowest BCUT2D eigenvalue weighted by molar-refractivity contribution is -0.118. The van der Waals surface area contributed by atoms with Crippen molar-refractivity contribution >= 4 is 11.6 Å². The van der Waals surface area contributed by atoms with Crippen LogP contribution in [0.25, 0.3) is 0 Å². The van der Waals surface area contributed by atoms with Crippen molar-refractivity contribution in [2.75, 3.05) is 6.61 Å². The largest absolute Gasteiger partial charge is 0.375 e. The lowest BCUT2D eigenvalue weighted by Gasteiger charge is -2.44. The summed E-state index contributed by atoms with van der Waals surface area (Å²) >= 11 is 6.52. The first-order valence-corrected chi connectivity index (χ1v) is 8.63. The van der Waals surface area contributed by atoms with Crippen LogP contribution in [0.4, 0.5) is 0 Å². The fraction of sp³-hybridized carbons (Fsp3) is 1.00. The zero-order valence-corrected chi connectivity index (χ0v) is 13.8. The molecular weight excluding hydrogens is 256 g/mol. The first-order valence-electron chi connectivity index (χ1n) is 8.19. The van der Waals surface area contributed by atoms with Gasteiger partial charge in [0.15, 0.2) is 0 Å². The van der Waals surface area contributed by atoms with Crippen molar-refractivity contribution in [3.05, 3.63) is 0 Å². The number of ether oxygens (including phenoxy) is 1. The zero-order chi connectivity index (χ0) is 13.9. The minimum Gasteiger partial charge on any atom is -0.375 e. The molecule has 2 aliphatic rings. The molecule has 1 aliphatic heterocycles. The maximum atomic E-state index is 6.52. The van der Waals surface area contributed by atoms with Gasteiger partial charge < -0.3 is 4.74 Å². The van der Waals surface area contributed by atoms with Crippen LogP contribution in [-0.4, -0.2) is 17.6 Å². The van der Waals surface area contributed by atoms with Crippen LogP contribution in [0.15, 0.2) is 0 Å². The molecule has 2 unspecified atom stereocenters. The third-order valence-electron chi connectivity index (χ3n) is 5.13. The van der Waals surface area contributed by atoms with E-state index in [-0.39, 0.29) is 11.0 Å². The molecule has 112 valence electrons. The normalized spacial score (nSPS) is 29.4. The minimum absolute atomic E-state index is 0.231. The second kappa shape index (κ2) is 6.35. The Kier molecular flexibility index (Phi) is 5.22. The van der Waals surface area contributed by atoms with E-state index in [4.69, 9.17) is 16.3 Å². The molecule has 1 saturated carbocycles. The number of hydrogen-bond acceptors (Lipinski definition) is 1. The van der Waals surface area contributed by atoms with Gasteiger partial charge in [-0.05, 0) is 49.9 Å². The Morgan fingerprint density at radius 1 is 1.21 bits per heavy atom. The van der Waals surface area contributed by atoms with Crippen LogP contribution in [0.5, 0.6) is 0 Å². The van der Waals surface area contributed by atoms with Gasteiger partial charge in [-0.3, -0.25) is 0 Å². The zero-order valence-electron chi connectivity index (χ0n) is 13.0. The van der Waals surface area contributed by atoms with Crippen LogP contribution in [-0.2, 0) is 4.74 Å². The highest BCUT2D eigenvalue weighted by Crippen LogP contribution is 2.42. The monoisotopic (exact) mass is 286 g/mol. The molecule has 19 heavy (non-hydrogen) atoms. The summed E-state index contributed by atoms with van der Waals surface area (Å²) < 4.78 is 6.18. The third-order valence-corrected chi connectivity index (χ3v) is 6.00. The molecule has 1 saturated heterocycles. The van der Waals surface area contributed by atoms with Crippen LogP contribution in [0.2, 0.25) is 0 Å². The highest BCUT2D eigenvalue weighted by atomic mass is 35.5. The quantitative estimate of drug-likeness (QED) is 0.618. The summed E-state index contributed by atoms with van der Waals surface area (Å²) in [4.78, 5) is 0. The SMILES string of the molecule is CC(C)(C)C(Cl)CCC1CCOC2(CCCCC2)C1. The van der Waals surface area contributed by atoms with Crippen LogP contribution >= 0.6 is 11.6 Å². The van der Waals surface area contributed by atoms with Crippen molar-refractivity contribution in [3.8, 4) is 0 Å². The van der Waals surface area contributed by atoms with Crippen molar-refractivity contribution < 1.29 is 4.74 Å². The molecule has 2 heteroatoms. The Morgan fingerprint density at radius 3 is 2.53 bits per heavy atom. The fourth-order valence-electron chi connectivity index (χ4n) is 3.74. The molecule has 1 spiro atoms. The topological polar surface area (TPSA) is 9.23 Å². The molecule has 1 aliphatic carbocycles. The summed E-state index contributed by atoms with van der Waals surface area (Å²) in [5, 5.41) is 0.303. The Hall–Kier alpha value is 0.250. The Morgan fingerprint density at radius 2 is 1.89 bits per heavy atom. The average molecular weight is 287 g/mol. The van der Waals surface area contributed by atoms with Gasteiger partial charge in [-0.2, -0.15) is 0 Å². The first-order chi connectivity index (χ1) is 8.91. The van der Waals surface area contributed by atoms with E-state index in [2.05, 4.69) is 20.8 Å². The van der Waals surface area contributed by atoms with Gasteiger partial charge in [-0.15, -0.1) is 11.6 Å². The lowest BCUT2D eigenvalue weighted by atomic mass is 9.74. The summed E-state index contributed by atoms with van der Waals surface area (Å²) in [6.07, 6.45) is 11.7. The average Bonchev–Trinajstić information content (AvgIpc) is 2.36. The van der Waals surface area contributed by atoms with Gasteiger partial charge in [0.05, 0.1) is 5.60 Å². The van der Waals surface area contributed by atoms with E-state index in [0.717, 1.165) is 18.9 Å². The van der Waals surface area contributed by atoms with E-state index in [1.54, 1.807) is 0 Å². The van der Waals surface area contributed by atoms with Crippen LogP contribution < -0.4 is 0 Å². The molecule has 0 bridgehead atoms. The van der Waals surface area contributed by atoms with Crippen molar-refractivity contribution in [1.29, 1.82) is 0 Å². The van der Waals surface area contributed by atoms with Gasteiger partial charge >= 0.3 is 0 Å². The van der Waals surface area contributed by atoms with Gasteiger partial charge in [0.1, 0.15) is 0 Å². The van der Waals surface area contributed by atoms with E-state index < -0.39 is 0 Å². The van der Waals surface area contributed by atoms with Crippen molar-refractivity contribution in [2.24, 2.45) is 11.3 Å². The molecule has 0 aromatic rings. The van der Waals surface area contributed by atoms with Gasteiger partial charge in [-0.1, -0.05) is 40.0 Å². The van der Waals surface area contributed by atoms with Gasteiger partial charge in [0.25, 0.3) is 0 Å². The summed E-state index contributed by atoms with van der Waals surface area (Å²) in [7, 11) is 0. The van der Waals surface area contributed by atoms with Crippen molar-refractivity contribution in [1.82, 2.24) is 0 Å². The first kappa shape index (κ1) is 15.6. The predicted molar refractivity (Wildman–Crippen MR) is 82.8 cm³/mol. The number of rotatable bonds is 3. The smallest absolute Gasteiger partial charge is 0.0685 e. The summed E-state index contributed by atoms with van der Waals surface area (Å²) in [6.45, 7) is 7.72. The fourth-order valence-corrected chi connectivity index (χ4v) is 3.86. The predicted octanol–water partition coefficient (Wildman–Crippen LogP) is 5.55. The van der Waals surface area contributed by atoms with E-state index in [1.165, 1.54) is 51.4 Å². The maximum Gasteiger partial charge on any atom is 0.0685 e. The van der Waals surface area contributed by atoms with Crippen molar-refractivity contribution in [3.63, 3.8) is 0 Å². The number of alkyl halides is 1. The van der Waals surface area contributed by atoms with E-state index >= 15 is 0 Å². The summed E-state index contributed by atoms with van der Waals surface area (Å²) in [6, 6.07) is 0. The molecule has 0 aromatic heterocycles. The summed E-state index contributed by atoms with van der Waals surface area (Å²) in [5.41, 5.74) is 0.486. The molecule has 1 nitrogen and oxygen atoms in total. The van der Waals surface area contributed by atoms with Gasteiger partial charge in [-0.25, -0.2) is 0 Å². The Labute approximate surface area is 124 Å². The third kappa shape index (κ3) is 4.36. The van der Waals surface area contributed by atoms with Gasteiger partial charge in [0, 0.05) is 12.0 Å². The highest BCUT2D eigenvalue weighted by Gasteiger charge is 2.38. The standard InChI is InChI=1S/C17H31ClO/c1-16(2,3)15(18)8-7-14-9-12-19-17(13-14)10-5-4-6-11-17/h14-15H,4-13H2,1-3H3. The van der Waals surface area contributed by atoms with Crippen molar-refractivity contribution in [2.45, 2.75) is 89.5 Å². The van der Waals surface area contributed by atoms with E-state index in [0.29, 0.717) is 5.38 Å². The van der Waals surface area contributed by atoms with E-state index in [9.17, 15) is 0 Å². The molecule has 0 radical (unpaired) electrons. The Balaban J connectivity index is 1.81. The maximum absolute atomic E-state index is 6.52. The summed E-state index contributed by atoms with van der Waals surface area (Å²) in [5.74, 6) is 0.843. The minimum atomic E-state index is 0.231. The van der Waals surface area contributed by atoms with Crippen LogP contribution in [0.1, 0.15) is 78.6 Å². The van der Waals surface area contributed by atoms with E-state index in [1.807, 2.05) is 0 Å². The molecule has 1 heterocycles. The number of hydrogen-bond donors (Lipinski definition) is 0. The molecular formula is C17H31ClO. The second-order valence-corrected chi connectivity index (χ2v) is 8.39. The lowest BCUT2D eigenvalue weighted by Crippen LogP contribution is -2.41. The second-order valence-electron chi connectivity index (χ2n) is 7.86. The molecule has 2 rings (SSSR count). The van der Waals surface area contributed by atoms with Crippen LogP contribution in [0.3, 0.4) is 0 Å². The molecule has 2 fully saturated rings. The van der Waals surface area contributed by atoms with Gasteiger partial charge in [0.2, 0.25) is 0 Å². The molecule has 0 amide bonds. The molecule has 2 atom stereocenters. The Bertz CT molecular complexity index is 270. The van der Waals surface area contributed by atoms with Crippen LogP contribution in [0, 0.1) is 11.3 Å². The molecule has 0 aromatic carbocycles.